The van der Waals surface area contributed by atoms with Gasteiger partial charge in [-0.2, -0.15) is 4.98 Å². The first kappa shape index (κ1) is 18.7. The lowest BCUT2D eigenvalue weighted by Gasteiger charge is -2.30. The van der Waals surface area contributed by atoms with Gasteiger partial charge in [0.15, 0.2) is 0 Å². The number of aryl methyl sites for hydroxylation is 1. The van der Waals surface area contributed by atoms with Gasteiger partial charge in [-0.1, -0.05) is 12.1 Å². The Balaban J connectivity index is 1.35. The number of aromatic nitrogens is 2. The van der Waals surface area contributed by atoms with Crippen molar-refractivity contribution < 1.29 is 4.42 Å². The summed E-state index contributed by atoms with van der Waals surface area (Å²) in [6, 6.07) is 13.2. The van der Waals surface area contributed by atoms with E-state index in [0.717, 1.165) is 66.4 Å². The second-order valence-corrected chi connectivity index (χ2v) is 7.87. The number of nitrogens with one attached hydrogen (secondary N) is 2. The van der Waals surface area contributed by atoms with E-state index in [1.807, 2.05) is 50.2 Å². The molecule has 1 fully saturated rings. The van der Waals surface area contributed by atoms with E-state index in [2.05, 4.69) is 22.8 Å². The van der Waals surface area contributed by atoms with Gasteiger partial charge >= 0.3 is 0 Å². The highest BCUT2D eigenvalue weighted by molar-refractivity contribution is 5.90. The summed E-state index contributed by atoms with van der Waals surface area (Å²) in [4.78, 5) is 11.5. The molecule has 2 N–H and O–H groups in total. The van der Waals surface area contributed by atoms with E-state index in [4.69, 9.17) is 14.4 Å². The minimum absolute atomic E-state index is 0.417. The second-order valence-electron chi connectivity index (χ2n) is 7.87. The van der Waals surface area contributed by atoms with E-state index in [9.17, 15) is 0 Å². The Kier molecular flexibility index (Phi) is 5.48. The molecule has 148 valence electrons. The number of hydrogen-bond donors (Lipinski definition) is 2. The van der Waals surface area contributed by atoms with Crippen LogP contribution in [-0.4, -0.2) is 36.1 Å². The number of para-hydroxylation sites is 1. The number of fused-ring (bicyclic) bond motifs is 1. The van der Waals surface area contributed by atoms with E-state index in [-0.39, 0.29) is 0 Å². The summed E-state index contributed by atoms with van der Waals surface area (Å²) in [5.74, 6) is 3.66. The van der Waals surface area contributed by atoms with Gasteiger partial charge in [-0.15, -0.1) is 0 Å². The Morgan fingerprint density at radius 1 is 1.00 bits per heavy atom. The molecule has 3 aromatic rings. The molecule has 0 saturated heterocycles. The van der Waals surface area contributed by atoms with Crippen molar-refractivity contribution in [2.24, 2.45) is 0 Å². The predicted molar refractivity (Wildman–Crippen MR) is 114 cm³/mol. The molecule has 0 spiro atoms. The summed E-state index contributed by atoms with van der Waals surface area (Å²) in [5, 5.41) is 8.28. The maximum absolute atomic E-state index is 5.64. The lowest BCUT2D eigenvalue weighted by Crippen LogP contribution is -2.36. The van der Waals surface area contributed by atoms with Gasteiger partial charge in [-0.05, 0) is 56.9 Å². The highest BCUT2D eigenvalue weighted by Gasteiger charge is 2.22. The number of furan rings is 1. The van der Waals surface area contributed by atoms with Crippen LogP contribution in [0.1, 0.15) is 37.2 Å². The largest absolute Gasteiger partial charge is 0.465 e. The van der Waals surface area contributed by atoms with E-state index in [1.165, 1.54) is 0 Å². The third kappa shape index (κ3) is 4.28. The Morgan fingerprint density at radius 3 is 2.46 bits per heavy atom. The lowest BCUT2D eigenvalue weighted by atomic mass is 9.91. The first-order chi connectivity index (χ1) is 13.6. The van der Waals surface area contributed by atoms with Crippen molar-refractivity contribution in [1.82, 2.24) is 15.3 Å². The van der Waals surface area contributed by atoms with Gasteiger partial charge in [-0.25, -0.2) is 4.98 Å². The van der Waals surface area contributed by atoms with Crippen molar-refractivity contribution in [2.45, 2.75) is 51.2 Å². The number of hydrogen-bond acceptors (Lipinski definition) is 6. The zero-order valence-corrected chi connectivity index (χ0v) is 16.9. The van der Waals surface area contributed by atoms with Gasteiger partial charge < -0.3 is 20.0 Å². The number of nitrogens with zero attached hydrogens (tertiary/aromatic N) is 3. The second kappa shape index (κ2) is 8.19. The quantitative estimate of drug-likeness (QED) is 0.672. The molecule has 0 aliphatic heterocycles. The van der Waals surface area contributed by atoms with Crippen LogP contribution in [0.5, 0.6) is 0 Å². The Bertz CT molecular complexity index is 928. The molecule has 28 heavy (non-hydrogen) atoms. The third-order valence-electron chi connectivity index (χ3n) is 5.43. The molecule has 0 bridgehead atoms. The van der Waals surface area contributed by atoms with Gasteiger partial charge in [0.05, 0.1) is 12.1 Å². The Morgan fingerprint density at radius 2 is 1.75 bits per heavy atom. The summed E-state index contributed by atoms with van der Waals surface area (Å²) < 4.78 is 5.64. The molecule has 0 amide bonds. The lowest BCUT2D eigenvalue weighted by molar-refractivity contribution is 0.338. The minimum Gasteiger partial charge on any atom is -0.465 e. The highest BCUT2D eigenvalue weighted by Crippen LogP contribution is 2.26. The van der Waals surface area contributed by atoms with Gasteiger partial charge in [0.2, 0.25) is 5.95 Å². The van der Waals surface area contributed by atoms with Crippen LogP contribution in [0.15, 0.2) is 40.8 Å². The molecule has 0 atom stereocenters. The van der Waals surface area contributed by atoms with Crippen LogP contribution in [0.2, 0.25) is 0 Å². The first-order valence-electron chi connectivity index (χ1n) is 10.1. The van der Waals surface area contributed by atoms with E-state index in [1.54, 1.807) is 0 Å². The molecule has 6 nitrogen and oxygen atoms in total. The molecule has 1 aliphatic carbocycles. The van der Waals surface area contributed by atoms with Crippen LogP contribution in [0.25, 0.3) is 10.9 Å². The fraction of sp³-hybridized carbons (Fsp3) is 0.455. The molecule has 1 aliphatic rings. The molecular formula is C22H29N5O. The monoisotopic (exact) mass is 379 g/mol. The summed E-state index contributed by atoms with van der Waals surface area (Å²) >= 11 is 0. The van der Waals surface area contributed by atoms with Crippen molar-refractivity contribution in [3.05, 3.63) is 47.9 Å². The Labute approximate surface area is 166 Å². The predicted octanol–water partition coefficient (Wildman–Crippen LogP) is 4.11. The van der Waals surface area contributed by atoms with Gasteiger partial charge in [0.25, 0.3) is 0 Å². The molecule has 6 heteroatoms. The summed E-state index contributed by atoms with van der Waals surface area (Å²) in [6.07, 6.45) is 4.52. The maximum atomic E-state index is 5.64. The molecule has 4 rings (SSSR count). The van der Waals surface area contributed by atoms with Crippen molar-refractivity contribution in [3.63, 3.8) is 0 Å². The van der Waals surface area contributed by atoms with Crippen molar-refractivity contribution in [3.8, 4) is 0 Å². The average Bonchev–Trinajstić information content (AvgIpc) is 3.12. The van der Waals surface area contributed by atoms with Crippen molar-refractivity contribution in [2.75, 3.05) is 24.3 Å². The molecule has 1 aromatic carbocycles. The van der Waals surface area contributed by atoms with Crippen LogP contribution in [0.4, 0.5) is 11.8 Å². The first-order valence-corrected chi connectivity index (χ1v) is 10.1. The normalized spacial score (nSPS) is 19.7. The Hall–Kier alpha value is -2.60. The topological polar surface area (TPSA) is 66.2 Å². The van der Waals surface area contributed by atoms with E-state index in [0.29, 0.717) is 12.1 Å². The van der Waals surface area contributed by atoms with Crippen LogP contribution < -0.4 is 15.5 Å². The summed E-state index contributed by atoms with van der Waals surface area (Å²) in [7, 11) is 4.05. The van der Waals surface area contributed by atoms with Crippen LogP contribution in [0.3, 0.4) is 0 Å². The standard InChI is InChI=1S/C22H29N5O/c1-15-8-13-18(28-15)14-23-16-9-11-17(12-10-16)24-22-25-20-7-5-4-6-19(20)21(26-22)27(2)3/h4-8,13,16-17,23H,9-12,14H2,1-3H3,(H,24,25,26)/t16-,17+. The van der Waals surface area contributed by atoms with Crippen LogP contribution in [-0.2, 0) is 6.54 Å². The van der Waals surface area contributed by atoms with Gasteiger partial charge in [-0.3, -0.25) is 0 Å². The number of anilines is 2. The van der Waals surface area contributed by atoms with Crippen molar-refractivity contribution >= 4 is 22.7 Å². The molecule has 0 radical (unpaired) electrons. The van der Waals surface area contributed by atoms with Gasteiger partial charge in [0, 0.05) is 31.6 Å². The summed E-state index contributed by atoms with van der Waals surface area (Å²) in [6.45, 7) is 2.79. The minimum atomic E-state index is 0.417. The zero-order chi connectivity index (χ0) is 19.5. The van der Waals surface area contributed by atoms with Crippen LogP contribution >= 0.6 is 0 Å². The summed E-state index contributed by atoms with van der Waals surface area (Å²) in [5.41, 5.74) is 0.979. The smallest absolute Gasteiger partial charge is 0.225 e. The molecule has 2 heterocycles. The number of rotatable bonds is 6. The zero-order valence-electron chi connectivity index (χ0n) is 16.9. The molecule has 2 aromatic heterocycles. The van der Waals surface area contributed by atoms with Crippen LogP contribution in [0, 0.1) is 6.92 Å². The molecule has 0 unspecified atom stereocenters. The SMILES string of the molecule is Cc1ccc(CN[C@H]2CC[C@@H](Nc3nc(N(C)C)c4ccccc4n3)CC2)o1. The number of benzene rings is 1. The average molecular weight is 380 g/mol. The highest BCUT2D eigenvalue weighted by atomic mass is 16.3. The molecular weight excluding hydrogens is 350 g/mol. The van der Waals surface area contributed by atoms with E-state index >= 15 is 0 Å². The fourth-order valence-corrected chi connectivity index (χ4v) is 3.91. The third-order valence-corrected chi connectivity index (χ3v) is 5.43. The molecule has 1 saturated carbocycles. The maximum Gasteiger partial charge on any atom is 0.225 e. The van der Waals surface area contributed by atoms with Crippen molar-refractivity contribution in [1.29, 1.82) is 0 Å². The van der Waals surface area contributed by atoms with E-state index < -0.39 is 0 Å². The van der Waals surface area contributed by atoms with Gasteiger partial charge in [0.1, 0.15) is 17.3 Å². The fourth-order valence-electron chi connectivity index (χ4n) is 3.91.